The molecule has 0 saturated carbocycles. The largest absolute Gasteiger partial charge is 1.00 e. The summed E-state index contributed by atoms with van der Waals surface area (Å²) >= 11 is 0.799. The molecule has 0 spiro atoms. The number of rotatable bonds is 18. The van der Waals surface area contributed by atoms with Gasteiger partial charge in [-0.25, -0.2) is 16.8 Å². The molecule has 1 N–H and O–H groups in total. The van der Waals surface area contributed by atoms with E-state index in [0.717, 1.165) is 90.3 Å². The van der Waals surface area contributed by atoms with Gasteiger partial charge >= 0.3 is 154 Å². The van der Waals surface area contributed by atoms with Crippen LogP contribution in [0.3, 0.4) is 0 Å². The third-order valence-electron chi connectivity index (χ3n) is 14.0. The molecule has 0 unspecified atom stereocenters. The number of hydrogen-bond acceptors (Lipinski definition) is 14. The molecule has 9 rings (SSSR count). The van der Waals surface area contributed by atoms with Gasteiger partial charge in [0.1, 0.15) is 16.7 Å². The Hall–Kier alpha value is -1.06. The molecule has 0 saturated heterocycles. The van der Waals surface area contributed by atoms with Gasteiger partial charge in [0.25, 0.3) is 10.1 Å². The van der Waals surface area contributed by atoms with Crippen LogP contribution in [-0.2, 0) is 50.6 Å². The van der Waals surface area contributed by atoms with Crippen LogP contribution in [0.25, 0.3) is 21.5 Å². The molecule has 0 radical (unpaired) electrons. The summed E-state index contributed by atoms with van der Waals surface area (Å²) in [5.41, 5.74) is 8.62. The summed E-state index contributed by atoms with van der Waals surface area (Å²) < 4.78 is 112. The standard InChI is InChI=1S/C55H55N3O12S4.3K/c1-54(2)49(56(31-11-33-72(60,61)62)47-27-19-39-35-43(71-70-69-59)23-25-45(39)51(47)54)29-21-37-17-18-38(53(37)58(41-13-7-5-8-14-41)42-15-9-6-10-16-42)22-30-50-55(3,4)52-46-26-24-44(74(66,67)68)36-40(46)20-28-48(52)57(50)32-12-34-73(63,64)65;;;/h5-10,13-16,19-30,35-36H,11-12,17-18,31-34H2,1-4H3,(H3-,59,60,61,62,63,64,65,66,67,68);;;/q;3*+1/p-2. The van der Waals surface area contributed by atoms with Gasteiger partial charge in [0.15, 0.2) is 5.71 Å². The molecule has 0 fully saturated rings. The predicted octanol–water partition coefficient (Wildman–Crippen LogP) is 0.780. The zero-order valence-electron chi connectivity index (χ0n) is 43.9. The summed E-state index contributed by atoms with van der Waals surface area (Å²) in [6.45, 7) is 8.81. The van der Waals surface area contributed by atoms with Gasteiger partial charge in [-0.15, -0.1) is 0 Å². The fourth-order valence-corrected chi connectivity index (χ4v) is 12.8. The van der Waals surface area contributed by atoms with Gasteiger partial charge in [-0.1, -0.05) is 80.6 Å². The fraction of sp³-hybridized carbons (Fsp3) is 0.255. The van der Waals surface area contributed by atoms with E-state index in [-0.39, 0.29) is 178 Å². The van der Waals surface area contributed by atoms with Crippen molar-refractivity contribution in [3.8, 4) is 0 Å². The van der Waals surface area contributed by atoms with E-state index in [1.807, 2.05) is 122 Å². The van der Waals surface area contributed by atoms with Crippen molar-refractivity contribution >= 4 is 92.4 Å². The maximum atomic E-state index is 12.1. The maximum absolute atomic E-state index is 12.1. The minimum Gasteiger partial charge on any atom is -0.748 e. The summed E-state index contributed by atoms with van der Waals surface area (Å²) in [6.07, 6.45) is 9.82. The van der Waals surface area contributed by atoms with Gasteiger partial charge in [0, 0.05) is 69.5 Å². The van der Waals surface area contributed by atoms with E-state index < -0.39 is 52.7 Å². The first-order valence-electron chi connectivity index (χ1n) is 23.8. The molecule has 15 nitrogen and oxygen atoms in total. The fourth-order valence-electron chi connectivity index (χ4n) is 10.9. The molecule has 0 amide bonds. The van der Waals surface area contributed by atoms with Crippen molar-refractivity contribution in [3.63, 3.8) is 0 Å². The van der Waals surface area contributed by atoms with E-state index in [0.29, 0.717) is 29.7 Å². The minimum atomic E-state index is -4.74. The Balaban J connectivity index is 0.00000320. The van der Waals surface area contributed by atoms with Crippen molar-refractivity contribution < 1.29 is 212 Å². The first-order valence-corrected chi connectivity index (χ1v) is 29.2. The van der Waals surface area contributed by atoms with Gasteiger partial charge in [-0.2, -0.15) is 17.3 Å². The van der Waals surface area contributed by atoms with Crippen LogP contribution in [0.1, 0.15) is 64.5 Å². The molecule has 2 heterocycles. The Labute approximate surface area is 582 Å². The molecule has 3 aliphatic rings. The smallest absolute Gasteiger partial charge is 0.748 e. The summed E-state index contributed by atoms with van der Waals surface area (Å²) in [7, 11) is -13.5. The Morgan fingerprint density at radius 2 is 1.34 bits per heavy atom. The van der Waals surface area contributed by atoms with Crippen LogP contribution in [0.15, 0.2) is 178 Å². The monoisotopic (exact) mass is 1190 g/mol. The van der Waals surface area contributed by atoms with E-state index in [4.69, 9.17) is 0 Å². The van der Waals surface area contributed by atoms with Crippen LogP contribution in [0.2, 0.25) is 0 Å². The van der Waals surface area contributed by atoms with Crippen molar-refractivity contribution in [3.05, 3.63) is 179 Å². The number of nitrogens with zero attached hydrogens (tertiary/aromatic N) is 3. The van der Waals surface area contributed by atoms with Crippen LogP contribution in [0, 0.1) is 0 Å². The number of para-hydroxylation sites is 2. The van der Waals surface area contributed by atoms with Crippen LogP contribution in [0.5, 0.6) is 0 Å². The second kappa shape index (κ2) is 26.7. The van der Waals surface area contributed by atoms with E-state index in [2.05, 4.69) is 50.9 Å². The Bertz CT molecular complexity index is 3680. The second-order valence-corrected chi connectivity index (χ2v) is 24.8. The number of anilines is 3. The predicted molar refractivity (Wildman–Crippen MR) is 284 cm³/mol. The van der Waals surface area contributed by atoms with Crippen LogP contribution in [-0.4, -0.2) is 73.8 Å². The van der Waals surface area contributed by atoms with Gasteiger partial charge in [0.05, 0.1) is 43.9 Å². The van der Waals surface area contributed by atoms with Crippen LogP contribution < -0.4 is 169 Å². The van der Waals surface area contributed by atoms with Crippen LogP contribution >= 0.6 is 12.0 Å². The van der Waals surface area contributed by atoms with Crippen molar-refractivity contribution in [2.45, 2.75) is 74.0 Å². The molecular weight excluding hydrogens is 1140 g/mol. The van der Waals surface area contributed by atoms with Crippen molar-refractivity contribution in [2.24, 2.45) is 0 Å². The Morgan fingerprint density at radius 1 is 0.714 bits per heavy atom. The van der Waals surface area contributed by atoms with E-state index in [9.17, 15) is 44.2 Å². The van der Waals surface area contributed by atoms with Gasteiger partial charge in [0.2, 0.25) is 5.69 Å². The quantitative estimate of drug-likeness (QED) is 0.0314. The summed E-state index contributed by atoms with van der Waals surface area (Å²) in [4.78, 5) is 4.56. The van der Waals surface area contributed by atoms with E-state index in [1.165, 1.54) is 12.1 Å². The van der Waals surface area contributed by atoms with E-state index >= 15 is 0 Å². The molecule has 77 heavy (non-hydrogen) atoms. The average molecular weight is 1190 g/mol. The number of allylic oxidation sites excluding steroid dienone is 7. The SMILES string of the molecule is CC1(C)C(/C=C/C2=C(N(c3ccccc3)c3ccccc3)C(=C/C=C3\N(CCCS(=O)(=O)[O-])c4ccc5cc(S(=O)(=O)[O-])ccc5c4C3(C)C)/CC2)=[N+](CCCS(=O)(=O)O)c2ccc3cc(SOO[O-])ccc3c21.[K+].[K+].[K+]. The molecule has 0 atom stereocenters. The first kappa shape index (κ1) is 65.1. The molecule has 6 aromatic rings. The molecule has 0 aromatic heterocycles. The second-order valence-electron chi connectivity index (χ2n) is 19.5. The van der Waals surface area contributed by atoms with Crippen molar-refractivity contribution in [1.29, 1.82) is 0 Å². The van der Waals surface area contributed by atoms with Gasteiger partial charge in [-0.05, 0) is 138 Å². The molecule has 386 valence electrons. The third kappa shape index (κ3) is 14.5. The minimum absolute atomic E-state index is 0. The molecule has 6 aromatic carbocycles. The zero-order chi connectivity index (χ0) is 52.8. The van der Waals surface area contributed by atoms with Gasteiger partial charge < -0.3 is 24.2 Å². The average Bonchev–Trinajstić information content (AvgIpc) is 3.93. The molecule has 1 aliphatic carbocycles. The van der Waals surface area contributed by atoms with Crippen LogP contribution in [0.4, 0.5) is 22.7 Å². The summed E-state index contributed by atoms with van der Waals surface area (Å²) in [6, 6.07) is 37.6. The van der Waals surface area contributed by atoms with E-state index in [1.54, 1.807) is 12.1 Å². The molecule has 0 bridgehead atoms. The maximum Gasteiger partial charge on any atom is 1.00 e. The molecule has 22 heteroatoms. The first-order chi connectivity index (χ1) is 35.1. The van der Waals surface area contributed by atoms with Crippen molar-refractivity contribution in [1.82, 2.24) is 0 Å². The zero-order valence-corrected chi connectivity index (χ0v) is 56.6. The Kier molecular flexibility index (Phi) is 22.5. The summed E-state index contributed by atoms with van der Waals surface area (Å²) in [5, 5.41) is 17.3. The summed E-state index contributed by atoms with van der Waals surface area (Å²) in [5.74, 6) is -0.990. The van der Waals surface area contributed by atoms with Crippen molar-refractivity contribution in [2.75, 3.05) is 34.4 Å². The topological polar surface area (TPSA) is 220 Å². The number of benzene rings is 6. The molecule has 2 aliphatic heterocycles. The third-order valence-corrected chi connectivity index (χ3v) is 17.0. The molecular formula is C55H53K3N3O12S4+. The Morgan fingerprint density at radius 3 is 1.96 bits per heavy atom. The number of fused-ring (bicyclic) bond motifs is 6. The normalized spacial score (nSPS) is 17.0. The number of hydrogen-bond donors (Lipinski definition) is 1. The van der Waals surface area contributed by atoms with Gasteiger partial charge in [-0.3, -0.25) is 9.59 Å².